The molecule has 0 heterocycles. The molecular weight excluding hydrogens is 320 g/mol. The van der Waals surface area contributed by atoms with Crippen molar-refractivity contribution in [3.63, 3.8) is 0 Å². The summed E-state index contributed by atoms with van der Waals surface area (Å²) in [4.78, 5) is 4.10. The number of methoxy groups -OCH3 is 1. The van der Waals surface area contributed by atoms with E-state index in [1.165, 1.54) is 0 Å². The highest BCUT2D eigenvalue weighted by molar-refractivity contribution is 4.58. The Kier molecular flexibility index (Phi) is 45.4. The van der Waals surface area contributed by atoms with Gasteiger partial charge < -0.3 is 29.5 Å². The van der Waals surface area contributed by atoms with Crippen molar-refractivity contribution in [1.29, 1.82) is 0 Å². The van der Waals surface area contributed by atoms with Gasteiger partial charge in [0.15, 0.2) is 0 Å². The summed E-state index contributed by atoms with van der Waals surface area (Å²) in [5, 5.41) is 18.5. The van der Waals surface area contributed by atoms with Gasteiger partial charge in [0.2, 0.25) is 0 Å². The Balaban J connectivity index is -0.0000000624. The highest BCUT2D eigenvalue weighted by Gasteiger charge is 2.06. The molecule has 0 fully saturated rings. The van der Waals surface area contributed by atoms with Crippen molar-refractivity contribution < 1.29 is 19.7 Å². The molecule has 0 aliphatic heterocycles. The smallest absolute Gasteiger partial charge is 0.0900 e. The molecule has 2 unspecified atom stereocenters. The number of rotatable bonds is 11. The Morgan fingerprint density at radius 3 is 1.40 bits per heavy atom. The molecule has 0 aliphatic rings. The van der Waals surface area contributed by atoms with Crippen LogP contribution in [-0.2, 0) is 9.47 Å². The van der Waals surface area contributed by atoms with E-state index in [-0.39, 0.29) is 41.9 Å². The summed E-state index contributed by atoms with van der Waals surface area (Å²) in [5.74, 6) is 0. The van der Waals surface area contributed by atoms with Crippen LogP contribution in [0.4, 0.5) is 0 Å². The quantitative estimate of drug-likeness (QED) is 0.581. The molecule has 0 radical (unpaired) electrons. The third-order valence-electron chi connectivity index (χ3n) is 3.00. The van der Waals surface area contributed by atoms with Crippen LogP contribution in [0.5, 0.6) is 0 Å². The Morgan fingerprint density at radius 1 is 0.760 bits per heavy atom. The van der Waals surface area contributed by atoms with Crippen molar-refractivity contribution in [2.75, 3.05) is 67.2 Å². The van der Waals surface area contributed by atoms with Gasteiger partial charge in [-0.25, -0.2) is 0 Å². The first-order chi connectivity index (χ1) is 9.90. The molecule has 6 heteroatoms. The average Bonchev–Trinajstić information content (AvgIpc) is 2.45. The van der Waals surface area contributed by atoms with E-state index in [4.69, 9.17) is 9.47 Å². The van der Waals surface area contributed by atoms with E-state index < -0.39 is 0 Å². The van der Waals surface area contributed by atoms with Gasteiger partial charge in [0, 0.05) is 26.8 Å². The van der Waals surface area contributed by atoms with Crippen molar-refractivity contribution in [2.45, 2.75) is 62.7 Å². The molecule has 0 amide bonds. The molecule has 25 heavy (non-hydrogen) atoms. The molecule has 0 aliphatic carbocycles. The molecule has 0 bridgehead atoms. The molecule has 0 aromatic heterocycles. The molecule has 2 atom stereocenters. The van der Waals surface area contributed by atoms with E-state index in [1.807, 2.05) is 25.9 Å². The standard InChI is InChI=1S/C8H19NO2.C7H17NO2.4CH4/c1-4-9(3)6-8(10)7-11-5-2;1-4-8(2)5-7(9)6-10-3;;;;/h8,10H,4-7H2,1-3H3;7,9H,4-6H2,1-3H3;4*1H4. The van der Waals surface area contributed by atoms with Crippen molar-refractivity contribution >= 4 is 0 Å². The first kappa shape index (κ1) is 39.7. The minimum absolute atomic E-state index is 0. The monoisotopic (exact) mass is 372 g/mol. The molecule has 0 aromatic carbocycles. The molecule has 6 nitrogen and oxygen atoms in total. The zero-order chi connectivity index (χ0) is 16.7. The lowest BCUT2D eigenvalue weighted by Crippen LogP contribution is -2.31. The summed E-state index contributed by atoms with van der Waals surface area (Å²) >= 11 is 0. The third-order valence-corrected chi connectivity index (χ3v) is 3.00. The third kappa shape index (κ3) is 32.0. The minimum Gasteiger partial charge on any atom is -0.389 e. The van der Waals surface area contributed by atoms with Crippen LogP contribution >= 0.6 is 0 Å². The normalized spacial score (nSPS) is 11.8. The predicted octanol–water partition coefficient (Wildman–Crippen LogP) is 2.83. The van der Waals surface area contributed by atoms with E-state index in [0.717, 1.165) is 13.1 Å². The van der Waals surface area contributed by atoms with Gasteiger partial charge in [0.05, 0.1) is 25.4 Å². The number of aliphatic hydroxyl groups excluding tert-OH is 2. The minimum atomic E-state index is -0.352. The maximum absolute atomic E-state index is 9.32. The van der Waals surface area contributed by atoms with Gasteiger partial charge in [-0.05, 0) is 34.1 Å². The van der Waals surface area contributed by atoms with Gasteiger partial charge in [-0.3, -0.25) is 0 Å². The van der Waals surface area contributed by atoms with E-state index in [2.05, 4.69) is 18.7 Å². The molecule has 0 saturated heterocycles. The second kappa shape index (κ2) is 28.6. The second-order valence-corrected chi connectivity index (χ2v) is 5.13. The number of aliphatic hydroxyl groups is 2. The molecule has 162 valence electrons. The van der Waals surface area contributed by atoms with Crippen molar-refractivity contribution in [3.05, 3.63) is 0 Å². The Labute approximate surface area is 160 Å². The lowest BCUT2D eigenvalue weighted by molar-refractivity contribution is 0.0264. The lowest BCUT2D eigenvalue weighted by atomic mass is 10.3. The summed E-state index contributed by atoms with van der Waals surface area (Å²) in [6.07, 6.45) is -0.699. The Hall–Kier alpha value is -0.240. The van der Waals surface area contributed by atoms with Crippen molar-refractivity contribution in [2.24, 2.45) is 0 Å². The summed E-state index contributed by atoms with van der Waals surface area (Å²) in [6, 6.07) is 0. The highest BCUT2D eigenvalue weighted by atomic mass is 16.5. The van der Waals surface area contributed by atoms with Crippen LogP contribution in [0.3, 0.4) is 0 Å². The first-order valence-electron chi connectivity index (χ1n) is 7.70. The molecular formula is C19H52N2O4. The van der Waals surface area contributed by atoms with Crippen LogP contribution in [0.15, 0.2) is 0 Å². The zero-order valence-electron chi connectivity index (χ0n) is 14.7. The number of likely N-dealkylation sites (N-methyl/N-ethyl adjacent to an activating group) is 2. The van der Waals surface area contributed by atoms with E-state index in [9.17, 15) is 10.2 Å². The lowest BCUT2D eigenvalue weighted by Gasteiger charge is -2.18. The van der Waals surface area contributed by atoms with E-state index in [1.54, 1.807) is 7.11 Å². The van der Waals surface area contributed by atoms with Crippen LogP contribution in [0.2, 0.25) is 0 Å². The van der Waals surface area contributed by atoms with Gasteiger partial charge in [-0.15, -0.1) is 0 Å². The van der Waals surface area contributed by atoms with Crippen LogP contribution in [-0.4, -0.2) is 99.4 Å². The molecule has 0 aromatic rings. The largest absolute Gasteiger partial charge is 0.389 e. The number of ether oxygens (including phenoxy) is 2. The molecule has 2 N–H and O–H groups in total. The fourth-order valence-corrected chi connectivity index (χ4v) is 1.53. The van der Waals surface area contributed by atoms with Gasteiger partial charge in [-0.1, -0.05) is 43.6 Å². The molecule has 0 spiro atoms. The number of hydrogen-bond acceptors (Lipinski definition) is 6. The van der Waals surface area contributed by atoms with Crippen LogP contribution in [0.25, 0.3) is 0 Å². The highest BCUT2D eigenvalue weighted by Crippen LogP contribution is 1.90. The Morgan fingerprint density at radius 2 is 1.12 bits per heavy atom. The summed E-state index contributed by atoms with van der Waals surface area (Å²) in [7, 11) is 5.54. The van der Waals surface area contributed by atoms with E-state index >= 15 is 0 Å². The first-order valence-corrected chi connectivity index (χ1v) is 7.70. The fraction of sp³-hybridized carbons (Fsp3) is 1.00. The summed E-state index contributed by atoms with van der Waals surface area (Å²) < 4.78 is 9.84. The topological polar surface area (TPSA) is 65.4 Å². The van der Waals surface area contributed by atoms with Gasteiger partial charge in [-0.2, -0.15) is 0 Å². The van der Waals surface area contributed by atoms with Gasteiger partial charge in [0.1, 0.15) is 0 Å². The van der Waals surface area contributed by atoms with Gasteiger partial charge in [0.25, 0.3) is 0 Å². The van der Waals surface area contributed by atoms with Crippen LogP contribution < -0.4 is 0 Å². The molecule has 0 rings (SSSR count). The number of nitrogens with zero attached hydrogens (tertiary/aromatic N) is 2. The fourth-order valence-electron chi connectivity index (χ4n) is 1.53. The van der Waals surface area contributed by atoms with Crippen molar-refractivity contribution in [1.82, 2.24) is 9.80 Å². The second-order valence-electron chi connectivity index (χ2n) is 5.13. The average molecular weight is 373 g/mol. The maximum atomic E-state index is 9.32. The van der Waals surface area contributed by atoms with Crippen LogP contribution in [0, 0.1) is 0 Å². The van der Waals surface area contributed by atoms with Gasteiger partial charge >= 0.3 is 0 Å². The molecule has 0 saturated carbocycles. The van der Waals surface area contributed by atoms with Crippen LogP contribution in [0.1, 0.15) is 50.5 Å². The summed E-state index contributed by atoms with van der Waals surface area (Å²) in [6.45, 7) is 10.9. The number of hydrogen-bond donors (Lipinski definition) is 2. The maximum Gasteiger partial charge on any atom is 0.0900 e. The SMILES string of the molecule is C.C.C.C.CCN(C)CC(O)COC.CCOCC(O)CN(C)CC. The predicted molar refractivity (Wildman–Crippen MR) is 114 cm³/mol. The summed E-state index contributed by atoms with van der Waals surface area (Å²) in [5.41, 5.74) is 0. The zero-order valence-corrected chi connectivity index (χ0v) is 14.7. The van der Waals surface area contributed by atoms with E-state index in [0.29, 0.717) is 32.9 Å². The Bertz CT molecular complexity index is 210. The van der Waals surface area contributed by atoms with Crippen molar-refractivity contribution in [3.8, 4) is 0 Å².